The van der Waals surface area contributed by atoms with Crippen LogP contribution in [0.4, 0.5) is 17.1 Å². The van der Waals surface area contributed by atoms with E-state index in [1.54, 1.807) is 6.07 Å². The van der Waals surface area contributed by atoms with E-state index in [-0.39, 0.29) is 0 Å². The number of anilines is 3. The summed E-state index contributed by atoms with van der Waals surface area (Å²) in [6.45, 7) is 4.10. The predicted molar refractivity (Wildman–Crippen MR) is 190 cm³/mol. The Balaban J connectivity index is 0.000000343. The van der Waals surface area contributed by atoms with Crippen molar-refractivity contribution in [2.24, 2.45) is 0 Å². The Labute approximate surface area is 266 Å². The molecule has 0 aliphatic rings. The highest BCUT2D eigenvalue weighted by atomic mass is 15.1. The van der Waals surface area contributed by atoms with Gasteiger partial charge in [0.05, 0.1) is 11.6 Å². The zero-order valence-corrected chi connectivity index (χ0v) is 25.6. The molecule has 0 N–H and O–H groups in total. The number of nitriles is 1. The number of rotatable bonds is 5. The molecule has 45 heavy (non-hydrogen) atoms. The van der Waals surface area contributed by atoms with E-state index in [0.717, 1.165) is 28.2 Å². The monoisotopic (exact) mass is 578 g/mol. The van der Waals surface area contributed by atoms with Gasteiger partial charge in [-0.25, -0.2) is 0 Å². The highest BCUT2D eigenvalue weighted by Crippen LogP contribution is 2.38. The lowest BCUT2D eigenvalue weighted by molar-refractivity contribution is 1.29. The lowest BCUT2D eigenvalue weighted by atomic mass is 10.0. The molecule has 2 nitrogen and oxygen atoms in total. The summed E-state index contributed by atoms with van der Waals surface area (Å²) in [6, 6.07) is 61.8. The maximum atomic E-state index is 8.41. The minimum atomic E-state index is 0.731. The molecule has 0 bridgehead atoms. The lowest BCUT2D eigenvalue weighted by Crippen LogP contribution is -2.10. The van der Waals surface area contributed by atoms with Crippen molar-refractivity contribution in [3.63, 3.8) is 0 Å². The molecule has 0 fully saturated rings. The van der Waals surface area contributed by atoms with Crippen molar-refractivity contribution in [1.82, 2.24) is 0 Å². The van der Waals surface area contributed by atoms with Gasteiger partial charge in [-0.1, -0.05) is 127 Å². The fourth-order valence-electron chi connectivity index (χ4n) is 5.48. The Hall–Kier alpha value is -5.91. The molecule has 0 aromatic heterocycles. The summed E-state index contributed by atoms with van der Waals surface area (Å²) >= 11 is 0. The minimum Gasteiger partial charge on any atom is -0.310 e. The van der Waals surface area contributed by atoms with E-state index in [4.69, 9.17) is 5.26 Å². The summed E-state index contributed by atoms with van der Waals surface area (Å²) in [4.78, 5) is 2.35. The molecular formula is C43H34N2. The highest BCUT2D eigenvalue weighted by molar-refractivity contribution is 5.90. The topological polar surface area (TPSA) is 27.0 Å². The van der Waals surface area contributed by atoms with E-state index >= 15 is 0 Å². The number of nitrogens with zero attached hydrogens (tertiary/aromatic N) is 2. The number of hydrogen-bond acceptors (Lipinski definition) is 2. The zero-order chi connectivity index (χ0) is 31.0. The van der Waals surface area contributed by atoms with Crippen molar-refractivity contribution >= 4 is 27.8 Å². The predicted octanol–water partition coefficient (Wildman–Crippen LogP) is 11.8. The SMILES string of the molecule is Cc1ccc(-c2ccc(N(c3cccc(-c4ccccc4)c3)c3ccc4ccccc4c3)cc2)cc1.Cc1cccc(C#N)c1. The summed E-state index contributed by atoms with van der Waals surface area (Å²) in [7, 11) is 0. The van der Waals surface area contributed by atoms with Crippen molar-refractivity contribution in [3.05, 3.63) is 187 Å². The molecule has 0 unspecified atom stereocenters. The third kappa shape index (κ3) is 7.02. The quantitative estimate of drug-likeness (QED) is 0.203. The largest absolute Gasteiger partial charge is 0.310 e. The van der Waals surface area contributed by atoms with Gasteiger partial charge < -0.3 is 4.90 Å². The van der Waals surface area contributed by atoms with Gasteiger partial charge in [0.2, 0.25) is 0 Å². The van der Waals surface area contributed by atoms with Crippen LogP contribution in [0, 0.1) is 25.2 Å². The third-order valence-corrected chi connectivity index (χ3v) is 7.86. The van der Waals surface area contributed by atoms with Gasteiger partial charge in [-0.2, -0.15) is 5.26 Å². The average Bonchev–Trinajstić information content (AvgIpc) is 3.10. The fourth-order valence-corrected chi connectivity index (χ4v) is 5.48. The molecule has 0 spiro atoms. The molecule has 0 amide bonds. The van der Waals surface area contributed by atoms with Crippen LogP contribution in [0.25, 0.3) is 33.0 Å². The van der Waals surface area contributed by atoms with Crippen LogP contribution in [0.3, 0.4) is 0 Å². The summed E-state index contributed by atoms with van der Waals surface area (Å²) in [6.07, 6.45) is 0. The van der Waals surface area contributed by atoms with E-state index < -0.39 is 0 Å². The van der Waals surface area contributed by atoms with Crippen LogP contribution < -0.4 is 4.90 Å². The van der Waals surface area contributed by atoms with Gasteiger partial charge in [-0.15, -0.1) is 0 Å². The van der Waals surface area contributed by atoms with Crippen LogP contribution in [0.1, 0.15) is 16.7 Å². The first-order chi connectivity index (χ1) is 22.1. The molecule has 7 rings (SSSR count). The van der Waals surface area contributed by atoms with E-state index in [2.05, 4.69) is 163 Å². The van der Waals surface area contributed by atoms with Crippen LogP contribution in [0.15, 0.2) is 170 Å². The van der Waals surface area contributed by atoms with Gasteiger partial charge >= 0.3 is 0 Å². The molecule has 0 saturated carbocycles. The normalized spacial score (nSPS) is 10.4. The second kappa shape index (κ2) is 13.6. The maximum absolute atomic E-state index is 8.41. The van der Waals surface area contributed by atoms with Crippen molar-refractivity contribution in [2.45, 2.75) is 13.8 Å². The van der Waals surface area contributed by atoms with Gasteiger partial charge in [0.25, 0.3) is 0 Å². The average molecular weight is 579 g/mol. The molecular weight excluding hydrogens is 544 g/mol. The summed E-state index contributed by atoms with van der Waals surface area (Å²) in [5, 5.41) is 10.9. The van der Waals surface area contributed by atoms with E-state index in [1.807, 2.05) is 25.1 Å². The Bertz CT molecular complexity index is 2070. The van der Waals surface area contributed by atoms with E-state index in [9.17, 15) is 0 Å². The second-order valence-electron chi connectivity index (χ2n) is 11.2. The molecule has 216 valence electrons. The minimum absolute atomic E-state index is 0.731. The van der Waals surface area contributed by atoms with Gasteiger partial charge in [-0.3, -0.25) is 0 Å². The van der Waals surface area contributed by atoms with E-state index in [1.165, 1.54) is 38.6 Å². The van der Waals surface area contributed by atoms with E-state index in [0.29, 0.717) is 0 Å². The summed E-state index contributed by atoms with van der Waals surface area (Å²) < 4.78 is 0. The first-order valence-corrected chi connectivity index (χ1v) is 15.2. The van der Waals surface area contributed by atoms with Crippen LogP contribution in [-0.4, -0.2) is 0 Å². The summed E-state index contributed by atoms with van der Waals surface area (Å²) in [5.74, 6) is 0. The van der Waals surface area contributed by atoms with Crippen LogP contribution >= 0.6 is 0 Å². The Morgan fingerprint density at radius 3 is 1.67 bits per heavy atom. The van der Waals surface area contributed by atoms with Crippen molar-refractivity contribution in [2.75, 3.05) is 4.90 Å². The Morgan fingerprint density at radius 2 is 0.978 bits per heavy atom. The molecule has 0 heterocycles. The Morgan fingerprint density at radius 1 is 0.400 bits per heavy atom. The van der Waals surface area contributed by atoms with Gasteiger partial charge in [-0.05, 0) is 101 Å². The summed E-state index contributed by atoms with van der Waals surface area (Å²) in [5.41, 5.74) is 11.4. The van der Waals surface area contributed by atoms with Crippen LogP contribution in [0.2, 0.25) is 0 Å². The van der Waals surface area contributed by atoms with Crippen molar-refractivity contribution in [3.8, 4) is 28.3 Å². The first-order valence-electron chi connectivity index (χ1n) is 15.2. The van der Waals surface area contributed by atoms with Crippen LogP contribution in [-0.2, 0) is 0 Å². The standard InChI is InChI=1S/C35H27N.C8H7N/c1-26-14-16-29(17-15-26)30-18-21-33(22-19-30)36(35-23-20-28-10-5-6-11-31(28)25-35)34-13-7-12-32(24-34)27-8-3-2-4-9-27;1-7-3-2-4-8(5-7)6-9/h2-25H,1H3;2-5H,1H3. The van der Waals surface area contributed by atoms with Gasteiger partial charge in [0.15, 0.2) is 0 Å². The molecule has 0 saturated heterocycles. The number of hydrogen-bond donors (Lipinski definition) is 0. The molecule has 0 aliphatic heterocycles. The van der Waals surface area contributed by atoms with Gasteiger partial charge in [0.1, 0.15) is 0 Å². The lowest BCUT2D eigenvalue weighted by Gasteiger charge is -2.26. The number of aryl methyl sites for hydroxylation is 2. The second-order valence-corrected chi connectivity index (χ2v) is 11.2. The van der Waals surface area contributed by atoms with Crippen molar-refractivity contribution in [1.29, 1.82) is 5.26 Å². The third-order valence-electron chi connectivity index (χ3n) is 7.86. The van der Waals surface area contributed by atoms with Gasteiger partial charge in [0, 0.05) is 17.1 Å². The number of benzene rings is 7. The van der Waals surface area contributed by atoms with Crippen molar-refractivity contribution < 1.29 is 0 Å². The molecule has 2 heteroatoms. The molecule has 7 aromatic carbocycles. The van der Waals surface area contributed by atoms with Crippen LogP contribution in [0.5, 0.6) is 0 Å². The highest BCUT2D eigenvalue weighted by Gasteiger charge is 2.14. The molecule has 0 radical (unpaired) electrons. The fraction of sp³-hybridized carbons (Fsp3) is 0.0465. The Kier molecular flexibility index (Phi) is 8.81. The smallest absolute Gasteiger partial charge is 0.0991 e. The molecule has 0 aliphatic carbocycles. The zero-order valence-electron chi connectivity index (χ0n) is 25.6. The number of fused-ring (bicyclic) bond motifs is 1. The first kappa shape index (κ1) is 29.2. The molecule has 7 aromatic rings. The molecule has 0 atom stereocenters. The maximum Gasteiger partial charge on any atom is 0.0991 e.